The molecule has 4 nitrogen and oxygen atoms in total. The zero-order valence-electron chi connectivity index (χ0n) is 10.9. The third-order valence-electron chi connectivity index (χ3n) is 3.04. The van der Waals surface area contributed by atoms with Crippen molar-refractivity contribution in [1.82, 2.24) is 9.97 Å². The summed E-state index contributed by atoms with van der Waals surface area (Å²) in [5.74, 6) is -0.122. The van der Waals surface area contributed by atoms with Crippen molar-refractivity contribution < 1.29 is 4.79 Å². The number of thioether (sulfide) groups is 1. The molecular formula is C15H13N3OS. The normalized spacial score (nSPS) is 10.7. The summed E-state index contributed by atoms with van der Waals surface area (Å²) in [5.41, 5.74) is 3.15. The molecule has 0 fully saturated rings. The summed E-state index contributed by atoms with van der Waals surface area (Å²) in [6.45, 7) is 0. The van der Waals surface area contributed by atoms with Crippen LogP contribution in [-0.4, -0.2) is 22.1 Å². The van der Waals surface area contributed by atoms with Gasteiger partial charge in [-0.15, -0.1) is 11.8 Å². The van der Waals surface area contributed by atoms with Crippen LogP contribution >= 0.6 is 11.8 Å². The molecule has 1 heterocycles. The van der Waals surface area contributed by atoms with Gasteiger partial charge in [-0.25, -0.2) is 4.98 Å². The molecule has 1 aromatic heterocycles. The maximum atomic E-state index is 12.3. The van der Waals surface area contributed by atoms with E-state index in [0.29, 0.717) is 5.56 Å². The van der Waals surface area contributed by atoms with E-state index in [1.165, 1.54) is 0 Å². The van der Waals surface area contributed by atoms with Gasteiger partial charge in [0.2, 0.25) is 0 Å². The minimum atomic E-state index is -0.122. The molecule has 0 radical (unpaired) electrons. The Hall–Kier alpha value is -2.27. The predicted octanol–water partition coefficient (Wildman–Crippen LogP) is 3.54. The fraction of sp³-hybridized carbons (Fsp3) is 0.0667. The van der Waals surface area contributed by atoms with E-state index in [-0.39, 0.29) is 5.91 Å². The van der Waals surface area contributed by atoms with Crippen LogP contribution in [0.4, 0.5) is 5.69 Å². The maximum absolute atomic E-state index is 12.3. The number of rotatable bonds is 3. The van der Waals surface area contributed by atoms with Gasteiger partial charge in [-0.2, -0.15) is 0 Å². The third-order valence-corrected chi connectivity index (χ3v) is 3.83. The molecule has 0 bridgehead atoms. The zero-order valence-corrected chi connectivity index (χ0v) is 11.7. The maximum Gasteiger partial charge on any atom is 0.255 e. The highest BCUT2D eigenvalue weighted by molar-refractivity contribution is 7.98. The molecule has 0 aliphatic carbocycles. The summed E-state index contributed by atoms with van der Waals surface area (Å²) in [4.78, 5) is 20.5. The van der Waals surface area contributed by atoms with Crippen LogP contribution in [0, 0.1) is 0 Å². The van der Waals surface area contributed by atoms with Gasteiger partial charge in [0.15, 0.2) is 0 Å². The molecule has 0 unspecified atom stereocenters. The number of H-pyrrole nitrogens is 1. The number of para-hydroxylation sites is 1. The van der Waals surface area contributed by atoms with Gasteiger partial charge in [0.1, 0.15) is 0 Å². The minimum Gasteiger partial charge on any atom is -0.345 e. The molecule has 0 saturated heterocycles. The molecule has 1 amide bonds. The summed E-state index contributed by atoms with van der Waals surface area (Å²) in [6, 6.07) is 13.2. The predicted molar refractivity (Wildman–Crippen MR) is 82.3 cm³/mol. The molecule has 2 N–H and O–H groups in total. The van der Waals surface area contributed by atoms with Gasteiger partial charge in [-0.05, 0) is 36.6 Å². The molecule has 100 valence electrons. The Bertz CT molecular complexity index is 766. The molecule has 0 aliphatic rings. The highest BCUT2D eigenvalue weighted by Crippen LogP contribution is 2.25. The minimum absolute atomic E-state index is 0.122. The summed E-state index contributed by atoms with van der Waals surface area (Å²) in [5, 5.41) is 2.94. The van der Waals surface area contributed by atoms with Crippen molar-refractivity contribution >= 4 is 34.4 Å². The van der Waals surface area contributed by atoms with Crippen LogP contribution in [0.5, 0.6) is 0 Å². The van der Waals surface area contributed by atoms with Crippen LogP contribution in [0.25, 0.3) is 11.0 Å². The van der Waals surface area contributed by atoms with Gasteiger partial charge in [0, 0.05) is 10.5 Å². The Kier molecular flexibility index (Phi) is 3.43. The Morgan fingerprint density at radius 3 is 2.95 bits per heavy atom. The average molecular weight is 283 g/mol. The quantitative estimate of drug-likeness (QED) is 0.723. The van der Waals surface area contributed by atoms with Crippen molar-refractivity contribution in [2.75, 3.05) is 11.6 Å². The number of anilines is 1. The topological polar surface area (TPSA) is 57.8 Å². The molecule has 0 aliphatic heterocycles. The van der Waals surface area contributed by atoms with Crippen molar-refractivity contribution in [3.63, 3.8) is 0 Å². The van der Waals surface area contributed by atoms with Crippen LogP contribution in [0.15, 0.2) is 53.7 Å². The first-order chi connectivity index (χ1) is 9.78. The van der Waals surface area contributed by atoms with Crippen molar-refractivity contribution in [1.29, 1.82) is 0 Å². The van der Waals surface area contributed by atoms with E-state index in [2.05, 4.69) is 15.3 Å². The summed E-state index contributed by atoms with van der Waals surface area (Å²) >= 11 is 1.61. The third kappa shape index (κ3) is 2.40. The molecular weight excluding hydrogens is 270 g/mol. The molecule has 5 heteroatoms. The van der Waals surface area contributed by atoms with Gasteiger partial charge in [0.25, 0.3) is 5.91 Å². The lowest BCUT2D eigenvalue weighted by atomic mass is 10.2. The van der Waals surface area contributed by atoms with Crippen LogP contribution in [-0.2, 0) is 0 Å². The molecule has 3 aromatic rings. The van der Waals surface area contributed by atoms with E-state index in [1.54, 1.807) is 30.2 Å². The lowest BCUT2D eigenvalue weighted by Gasteiger charge is -2.09. The fourth-order valence-electron chi connectivity index (χ4n) is 2.02. The van der Waals surface area contributed by atoms with Gasteiger partial charge < -0.3 is 10.3 Å². The highest BCUT2D eigenvalue weighted by Gasteiger charge is 2.09. The number of fused-ring (bicyclic) bond motifs is 1. The second-order valence-corrected chi connectivity index (χ2v) is 5.14. The number of benzene rings is 2. The van der Waals surface area contributed by atoms with Crippen LogP contribution < -0.4 is 5.32 Å². The van der Waals surface area contributed by atoms with Gasteiger partial charge in [0.05, 0.1) is 23.0 Å². The van der Waals surface area contributed by atoms with Crippen LogP contribution in [0.2, 0.25) is 0 Å². The largest absolute Gasteiger partial charge is 0.345 e. The Balaban J connectivity index is 1.88. The smallest absolute Gasteiger partial charge is 0.255 e. The summed E-state index contributed by atoms with van der Waals surface area (Å²) in [7, 11) is 0. The number of carbonyl (C=O) groups is 1. The van der Waals surface area contributed by atoms with E-state index in [9.17, 15) is 4.79 Å². The number of aromatic amines is 1. The number of amides is 1. The molecule has 2 aromatic carbocycles. The van der Waals surface area contributed by atoms with E-state index < -0.39 is 0 Å². The van der Waals surface area contributed by atoms with E-state index >= 15 is 0 Å². The lowest BCUT2D eigenvalue weighted by molar-refractivity contribution is 0.102. The van der Waals surface area contributed by atoms with Crippen molar-refractivity contribution in [3.05, 3.63) is 54.4 Å². The SMILES string of the molecule is CSc1ccccc1NC(=O)c1ccc2nc[nH]c2c1. The number of nitrogens with zero attached hydrogens (tertiary/aromatic N) is 1. The second-order valence-electron chi connectivity index (χ2n) is 4.29. The zero-order chi connectivity index (χ0) is 13.9. The van der Waals surface area contributed by atoms with E-state index in [4.69, 9.17) is 0 Å². The number of hydrogen-bond acceptors (Lipinski definition) is 3. The summed E-state index contributed by atoms with van der Waals surface area (Å²) in [6.07, 6.45) is 3.61. The van der Waals surface area contributed by atoms with E-state index in [0.717, 1.165) is 21.6 Å². The van der Waals surface area contributed by atoms with Gasteiger partial charge in [-0.3, -0.25) is 4.79 Å². The monoisotopic (exact) mass is 283 g/mol. The first-order valence-corrected chi connectivity index (χ1v) is 7.38. The van der Waals surface area contributed by atoms with Crippen molar-refractivity contribution in [3.8, 4) is 0 Å². The number of carbonyl (C=O) groups excluding carboxylic acids is 1. The lowest BCUT2D eigenvalue weighted by Crippen LogP contribution is -2.12. The second kappa shape index (κ2) is 5.38. The first-order valence-electron chi connectivity index (χ1n) is 6.15. The van der Waals surface area contributed by atoms with Crippen molar-refractivity contribution in [2.24, 2.45) is 0 Å². The fourth-order valence-corrected chi connectivity index (χ4v) is 2.57. The number of hydrogen-bond donors (Lipinski definition) is 2. The standard InChI is InChI=1S/C15H13N3OS/c1-20-14-5-3-2-4-12(14)18-15(19)10-6-7-11-13(8-10)17-9-16-11/h2-9H,1H3,(H,16,17)(H,18,19). The first kappa shape index (κ1) is 12.7. The Morgan fingerprint density at radius 1 is 1.25 bits per heavy atom. The molecule has 20 heavy (non-hydrogen) atoms. The molecule has 0 saturated carbocycles. The molecule has 0 atom stereocenters. The number of imidazole rings is 1. The van der Waals surface area contributed by atoms with E-state index in [1.807, 2.05) is 36.6 Å². The highest BCUT2D eigenvalue weighted by atomic mass is 32.2. The molecule has 3 rings (SSSR count). The Morgan fingerprint density at radius 2 is 2.10 bits per heavy atom. The number of aromatic nitrogens is 2. The molecule has 0 spiro atoms. The summed E-state index contributed by atoms with van der Waals surface area (Å²) < 4.78 is 0. The van der Waals surface area contributed by atoms with Crippen LogP contribution in [0.1, 0.15) is 10.4 Å². The average Bonchev–Trinajstić information content (AvgIpc) is 2.95. The van der Waals surface area contributed by atoms with Crippen molar-refractivity contribution in [2.45, 2.75) is 4.90 Å². The Labute approximate surface area is 120 Å². The van der Waals surface area contributed by atoms with Gasteiger partial charge in [-0.1, -0.05) is 12.1 Å². The van der Waals surface area contributed by atoms with Crippen LogP contribution in [0.3, 0.4) is 0 Å². The van der Waals surface area contributed by atoms with Gasteiger partial charge >= 0.3 is 0 Å². The number of nitrogens with one attached hydrogen (secondary N) is 2.